The summed E-state index contributed by atoms with van der Waals surface area (Å²) in [6.07, 6.45) is 2.31. The van der Waals surface area contributed by atoms with Crippen LogP contribution >= 0.6 is 22.6 Å². The fourth-order valence-electron chi connectivity index (χ4n) is 3.71. The number of halogens is 1. The van der Waals surface area contributed by atoms with E-state index in [1.54, 1.807) is 4.90 Å². The fraction of sp³-hybridized carbons (Fsp3) is 0.310. The molecule has 3 aromatic carbocycles. The van der Waals surface area contributed by atoms with E-state index < -0.39 is 6.04 Å². The number of hydrogen-bond acceptors (Lipinski definition) is 3. The minimum absolute atomic E-state index is 0.139. The summed E-state index contributed by atoms with van der Waals surface area (Å²) < 4.78 is 6.90. The number of nitrogens with one attached hydrogen (secondary N) is 1. The molecule has 0 saturated carbocycles. The minimum Gasteiger partial charge on any atom is -0.484 e. The highest BCUT2D eigenvalue weighted by molar-refractivity contribution is 14.1. The van der Waals surface area contributed by atoms with Gasteiger partial charge in [-0.3, -0.25) is 9.59 Å². The zero-order valence-electron chi connectivity index (χ0n) is 20.4. The van der Waals surface area contributed by atoms with Crippen molar-refractivity contribution in [3.05, 3.63) is 99.1 Å². The van der Waals surface area contributed by atoms with Crippen LogP contribution in [0.15, 0.2) is 78.9 Å². The molecular weight excluding hydrogens is 551 g/mol. The van der Waals surface area contributed by atoms with Gasteiger partial charge in [0.2, 0.25) is 5.91 Å². The van der Waals surface area contributed by atoms with Crippen molar-refractivity contribution in [1.82, 2.24) is 10.2 Å². The molecule has 0 unspecified atom stereocenters. The highest BCUT2D eigenvalue weighted by Crippen LogP contribution is 2.17. The topological polar surface area (TPSA) is 58.6 Å². The Kier molecular flexibility index (Phi) is 10.6. The van der Waals surface area contributed by atoms with Crippen LogP contribution in [0.2, 0.25) is 0 Å². The normalized spacial score (nSPS) is 11.5. The molecule has 0 saturated heterocycles. The molecule has 0 radical (unpaired) electrons. The molecule has 3 rings (SSSR count). The summed E-state index contributed by atoms with van der Waals surface area (Å²) in [6.45, 7) is 4.89. The fourth-order valence-corrected chi connectivity index (χ4v) is 4.07. The van der Waals surface area contributed by atoms with Crippen molar-refractivity contribution < 1.29 is 14.3 Å². The number of aryl methyl sites for hydroxylation is 1. The Balaban J connectivity index is 1.86. The Morgan fingerprint density at radius 1 is 0.943 bits per heavy atom. The number of benzene rings is 3. The molecular formula is C29H33IN2O3. The molecule has 0 spiro atoms. The number of rotatable bonds is 12. The van der Waals surface area contributed by atoms with Crippen molar-refractivity contribution in [2.75, 3.05) is 13.2 Å². The van der Waals surface area contributed by atoms with E-state index >= 15 is 0 Å². The Morgan fingerprint density at radius 3 is 2.29 bits per heavy atom. The third-order valence-electron chi connectivity index (χ3n) is 5.75. The van der Waals surface area contributed by atoms with Gasteiger partial charge in [-0.15, -0.1) is 0 Å². The van der Waals surface area contributed by atoms with Gasteiger partial charge in [-0.25, -0.2) is 0 Å². The molecule has 1 atom stereocenters. The summed E-state index contributed by atoms with van der Waals surface area (Å²) in [7, 11) is 0. The molecule has 0 bridgehead atoms. The third-order valence-corrected chi connectivity index (χ3v) is 6.47. The SMILES string of the molecule is CCCCNC(=O)[C@H](Cc1ccccc1)N(Cc1ccc(C)cc1)C(=O)COc1ccc(I)cc1. The number of hydrogen-bond donors (Lipinski definition) is 1. The summed E-state index contributed by atoms with van der Waals surface area (Å²) in [5.74, 6) is 0.258. The second-order valence-corrected chi connectivity index (χ2v) is 9.85. The second-order valence-electron chi connectivity index (χ2n) is 8.60. The van der Waals surface area contributed by atoms with Crippen LogP contribution in [0.1, 0.15) is 36.5 Å². The maximum atomic E-state index is 13.5. The standard InChI is InChI=1S/C29H33IN2O3/c1-3-4-18-31-29(34)27(19-23-8-6-5-7-9-23)32(20-24-12-10-22(2)11-13-24)28(33)21-35-26-16-14-25(30)15-17-26/h5-17,27H,3-4,18-21H2,1-2H3,(H,31,34)/t27-/m0/s1. The summed E-state index contributed by atoms with van der Waals surface area (Å²) >= 11 is 2.23. The molecule has 0 aromatic heterocycles. The van der Waals surface area contributed by atoms with Crippen molar-refractivity contribution in [1.29, 1.82) is 0 Å². The van der Waals surface area contributed by atoms with Crippen molar-refractivity contribution in [3.8, 4) is 5.75 Å². The number of carbonyl (C=O) groups is 2. The second kappa shape index (κ2) is 13.9. The molecule has 0 heterocycles. The van der Waals surface area contributed by atoms with E-state index in [4.69, 9.17) is 4.74 Å². The van der Waals surface area contributed by atoms with Gasteiger partial charge in [-0.1, -0.05) is 73.5 Å². The van der Waals surface area contributed by atoms with Gasteiger partial charge in [0.25, 0.3) is 5.91 Å². The van der Waals surface area contributed by atoms with Gasteiger partial charge >= 0.3 is 0 Å². The number of nitrogens with zero attached hydrogens (tertiary/aromatic N) is 1. The molecule has 0 aliphatic rings. The van der Waals surface area contributed by atoms with Crippen LogP contribution in [-0.4, -0.2) is 35.9 Å². The molecule has 1 N–H and O–H groups in total. The molecule has 0 aliphatic carbocycles. The molecule has 35 heavy (non-hydrogen) atoms. The first-order valence-electron chi connectivity index (χ1n) is 12.0. The van der Waals surface area contributed by atoms with Gasteiger partial charge in [0, 0.05) is 23.1 Å². The van der Waals surface area contributed by atoms with Crippen molar-refractivity contribution in [2.45, 2.75) is 45.7 Å². The molecule has 2 amide bonds. The first-order chi connectivity index (χ1) is 17.0. The highest BCUT2D eigenvalue weighted by atomic mass is 127. The van der Waals surface area contributed by atoms with Gasteiger partial charge in [0.1, 0.15) is 11.8 Å². The first-order valence-corrected chi connectivity index (χ1v) is 13.1. The molecule has 0 aliphatic heterocycles. The third kappa shape index (κ3) is 8.69. The Labute approximate surface area is 222 Å². The zero-order valence-corrected chi connectivity index (χ0v) is 22.5. The van der Waals surface area contributed by atoms with E-state index in [9.17, 15) is 9.59 Å². The summed E-state index contributed by atoms with van der Waals surface area (Å²) in [4.78, 5) is 28.6. The van der Waals surface area contributed by atoms with E-state index in [-0.39, 0.29) is 18.4 Å². The summed E-state index contributed by atoms with van der Waals surface area (Å²) in [5, 5.41) is 3.04. The van der Waals surface area contributed by atoms with E-state index in [2.05, 4.69) is 34.8 Å². The number of unbranched alkanes of at least 4 members (excludes halogenated alkanes) is 1. The monoisotopic (exact) mass is 584 g/mol. The molecule has 0 fully saturated rings. The van der Waals surface area contributed by atoms with Crippen LogP contribution in [0, 0.1) is 10.5 Å². The van der Waals surface area contributed by atoms with Crippen molar-refractivity contribution >= 4 is 34.4 Å². The molecule has 5 nitrogen and oxygen atoms in total. The Morgan fingerprint density at radius 2 is 1.63 bits per heavy atom. The van der Waals surface area contributed by atoms with Crippen LogP contribution in [0.5, 0.6) is 5.75 Å². The van der Waals surface area contributed by atoms with Crippen molar-refractivity contribution in [3.63, 3.8) is 0 Å². The number of ether oxygens (including phenoxy) is 1. The number of carbonyl (C=O) groups excluding carboxylic acids is 2. The van der Waals surface area contributed by atoms with Crippen LogP contribution < -0.4 is 10.1 Å². The number of amides is 2. The predicted octanol–water partition coefficient (Wildman–Crippen LogP) is 5.53. The van der Waals surface area contributed by atoms with Gasteiger partial charge in [0.15, 0.2) is 6.61 Å². The first kappa shape index (κ1) is 26.7. The van der Waals surface area contributed by atoms with Crippen molar-refractivity contribution in [2.24, 2.45) is 0 Å². The maximum absolute atomic E-state index is 13.5. The average Bonchev–Trinajstić information content (AvgIpc) is 2.87. The van der Waals surface area contributed by atoms with E-state index in [0.717, 1.165) is 33.1 Å². The molecule has 3 aromatic rings. The van der Waals surface area contributed by atoms with Crippen LogP contribution in [0.25, 0.3) is 0 Å². The zero-order chi connectivity index (χ0) is 25.0. The van der Waals surface area contributed by atoms with Crippen LogP contribution in [0.3, 0.4) is 0 Å². The largest absolute Gasteiger partial charge is 0.484 e. The highest BCUT2D eigenvalue weighted by Gasteiger charge is 2.30. The van der Waals surface area contributed by atoms with Crippen LogP contribution in [-0.2, 0) is 22.6 Å². The average molecular weight is 584 g/mol. The lowest BCUT2D eigenvalue weighted by molar-refractivity contribution is -0.142. The quantitative estimate of drug-likeness (QED) is 0.225. The smallest absolute Gasteiger partial charge is 0.261 e. The minimum atomic E-state index is -0.650. The van der Waals surface area contributed by atoms with Gasteiger partial charge in [0.05, 0.1) is 0 Å². The van der Waals surface area contributed by atoms with Crippen LogP contribution in [0.4, 0.5) is 0 Å². The summed E-state index contributed by atoms with van der Waals surface area (Å²) in [6, 6.07) is 24.8. The van der Waals surface area contributed by atoms with E-state index in [0.29, 0.717) is 25.3 Å². The Hall–Kier alpha value is -2.87. The lowest BCUT2D eigenvalue weighted by atomic mass is 10.0. The maximum Gasteiger partial charge on any atom is 0.261 e. The van der Waals surface area contributed by atoms with Gasteiger partial charge in [-0.05, 0) is 71.3 Å². The lowest BCUT2D eigenvalue weighted by Gasteiger charge is -2.31. The van der Waals surface area contributed by atoms with E-state index in [1.165, 1.54) is 0 Å². The van der Waals surface area contributed by atoms with E-state index in [1.807, 2.05) is 85.8 Å². The molecule has 6 heteroatoms. The Bertz CT molecular complexity index is 1070. The lowest BCUT2D eigenvalue weighted by Crippen LogP contribution is -2.51. The molecule has 184 valence electrons. The van der Waals surface area contributed by atoms with Gasteiger partial charge in [-0.2, -0.15) is 0 Å². The summed E-state index contributed by atoms with van der Waals surface area (Å²) in [5.41, 5.74) is 3.12. The van der Waals surface area contributed by atoms with Gasteiger partial charge < -0.3 is 15.0 Å². The predicted molar refractivity (Wildman–Crippen MR) is 148 cm³/mol.